The van der Waals surface area contributed by atoms with E-state index in [2.05, 4.69) is 15.2 Å². The molecule has 0 saturated carbocycles. The van der Waals surface area contributed by atoms with Gasteiger partial charge in [0.2, 0.25) is 5.91 Å². The van der Waals surface area contributed by atoms with E-state index in [0.29, 0.717) is 50.5 Å². The minimum atomic E-state index is -4.36. The molecule has 1 saturated heterocycles. The number of benzene rings is 2. The van der Waals surface area contributed by atoms with Crippen molar-refractivity contribution in [3.63, 3.8) is 0 Å². The summed E-state index contributed by atoms with van der Waals surface area (Å²) in [5.41, 5.74) is 1.78. The van der Waals surface area contributed by atoms with E-state index in [9.17, 15) is 22.2 Å². The summed E-state index contributed by atoms with van der Waals surface area (Å²) in [4.78, 5) is 21.7. The average Bonchev–Trinajstić information content (AvgIpc) is 2.85. The Morgan fingerprint density at radius 2 is 1.83 bits per heavy atom. The van der Waals surface area contributed by atoms with E-state index in [0.717, 1.165) is 28.4 Å². The molecule has 2 aliphatic heterocycles. The number of carbonyl (C=O) groups is 1. The first kappa shape index (κ1) is 25.4. The number of aliphatic imine (C=N–C) groups is 1. The fraction of sp³-hybridized carbons (Fsp3) is 0.440. The number of nitrogens with zero attached hydrogens (tertiary/aromatic N) is 3. The first-order chi connectivity index (χ1) is 16.7. The van der Waals surface area contributed by atoms with Gasteiger partial charge in [-0.25, -0.2) is 0 Å². The van der Waals surface area contributed by atoms with E-state index in [4.69, 9.17) is 0 Å². The summed E-state index contributed by atoms with van der Waals surface area (Å²) in [5.74, 6) is 0.519. The number of fused-ring (bicyclic) bond motifs is 1. The molecule has 0 aliphatic carbocycles. The van der Waals surface area contributed by atoms with Crippen molar-refractivity contribution in [2.45, 2.75) is 36.9 Å². The van der Waals surface area contributed by atoms with Crippen molar-refractivity contribution in [1.29, 1.82) is 0 Å². The zero-order valence-corrected chi connectivity index (χ0v) is 20.4. The molecule has 2 aromatic carbocycles. The fourth-order valence-electron chi connectivity index (χ4n) is 4.18. The molecule has 1 N–H and O–H groups in total. The average molecular weight is 507 g/mol. The van der Waals surface area contributed by atoms with Crippen LogP contribution in [-0.2, 0) is 28.2 Å². The van der Waals surface area contributed by atoms with Gasteiger partial charge in [0.05, 0.1) is 33.8 Å². The van der Waals surface area contributed by atoms with Gasteiger partial charge in [-0.2, -0.15) is 13.2 Å². The smallest absolute Gasteiger partial charge is 0.376 e. The normalized spacial score (nSPS) is 19.2. The third kappa shape index (κ3) is 6.70. The highest BCUT2D eigenvalue weighted by Gasteiger charge is 2.30. The zero-order valence-electron chi connectivity index (χ0n) is 19.6. The molecule has 0 radical (unpaired) electrons. The van der Waals surface area contributed by atoms with E-state index in [1.165, 1.54) is 12.1 Å². The highest BCUT2D eigenvalue weighted by atomic mass is 32.2. The molecule has 2 unspecified atom stereocenters. The second kappa shape index (κ2) is 10.9. The number of nitrogens with one attached hydrogen (secondary N) is 1. The van der Waals surface area contributed by atoms with Gasteiger partial charge in [-0.05, 0) is 49.2 Å². The van der Waals surface area contributed by atoms with Gasteiger partial charge < -0.3 is 10.2 Å². The molecule has 1 fully saturated rings. The number of halogens is 3. The monoisotopic (exact) mass is 506 g/mol. The number of hydrogen-bond acceptors (Lipinski definition) is 5. The van der Waals surface area contributed by atoms with Crippen molar-refractivity contribution in [1.82, 2.24) is 9.80 Å². The van der Waals surface area contributed by atoms with Crippen LogP contribution in [0.2, 0.25) is 0 Å². The maximum atomic E-state index is 12.8. The molecule has 10 heteroatoms. The van der Waals surface area contributed by atoms with E-state index in [-0.39, 0.29) is 18.4 Å². The molecule has 2 aromatic rings. The lowest BCUT2D eigenvalue weighted by Gasteiger charge is -2.34. The summed E-state index contributed by atoms with van der Waals surface area (Å²) in [5, 5.41) is 3.33. The van der Waals surface area contributed by atoms with Crippen molar-refractivity contribution < 1.29 is 22.2 Å². The molecule has 0 spiro atoms. The van der Waals surface area contributed by atoms with Crippen molar-refractivity contribution in [3.05, 3.63) is 53.6 Å². The Bertz CT molecular complexity index is 1100. The Balaban J connectivity index is 1.19. The number of anilines is 1. The van der Waals surface area contributed by atoms with Crippen LogP contribution in [-0.4, -0.2) is 70.6 Å². The van der Waals surface area contributed by atoms with E-state index < -0.39 is 22.5 Å². The summed E-state index contributed by atoms with van der Waals surface area (Å²) in [6, 6.07) is 10.8. The first-order valence-corrected chi connectivity index (χ1v) is 13.0. The zero-order chi connectivity index (χ0) is 25.0. The van der Waals surface area contributed by atoms with Crippen LogP contribution in [0, 0.1) is 0 Å². The molecular formula is C25H29F3N4O2S. The number of hydrogen-bond donors (Lipinski definition) is 1. The van der Waals surface area contributed by atoms with Gasteiger partial charge in [-0.3, -0.25) is 18.9 Å². The number of carbonyl (C=O) groups excluding carboxylic acids is 1. The Kier molecular flexibility index (Phi) is 7.91. The highest BCUT2D eigenvalue weighted by Crippen LogP contribution is 2.31. The lowest BCUT2D eigenvalue weighted by Crippen LogP contribution is -2.49. The minimum absolute atomic E-state index is 0.00608. The summed E-state index contributed by atoms with van der Waals surface area (Å²) in [6.07, 6.45) is -1.83. The summed E-state index contributed by atoms with van der Waals surface area (Å²) in [6.45, 7) is 5.30. The van der Waals surface area contributed by atoms with Crippen molar-refractivity contribution in [2.75, 3.05) is 43.8 Å². The van der Waals surface area contributed by atoms with Crippen molar-refractivity contribution in [2.24, 2.45) is 4.99 Å². The van der Waals surface area contributed by atoms with Crippen molar-refractivity contribution in [3.8, 4) is 0 Å². The number of amides is 1. The van der Waals surface area contributed by atoms with Crippen LogP contribution in [0.4, 0.5) is 24.5 Å². The van der Waals surface area contributed by atoms with Gasteiger partial charge in [0.15, 0.2) is 0 Å². The highest BCUT2D eigenvalue weighted by molar-refractivity contribution is 7.85. The number of aryl methyl sites for hydroxylation is 1. The predicted molar refractivity (Wildman–Crippen MR) is 132 cm³/mol. The number of rotatable bonds is 7. The molecular weight excluding hydrogens is 477 g/mol. The molecule has 35 heavy (non-hydrogen) atoms. The lowest BCUT2D eigenvalue weighted by molar-refractivity contribution is -0.137. The van der Waals surface area contributed by atoms with Crippen LogP contribution < -0.4 is 5.32 Å². The van der Waals surface area contributed by atoms with Crippen LogP contribution in [0.3, 0.4) is 0 Å². The van der Waals surface area contributed by atoms with Gasteiger partial charge in [-0.15, -0.1) is 0 Å². The van der Waals surface area contributed by atoms with Crippen molar-refractivity contribution >= 4 is 34.3 Å². The van der Waals surface area contributed by atoms with Gasteiger partial charge in [-0.1, -0.05) is 12.1 Å². The molecule has 0 bridgehead atoms. The number of piperazine rings is 1. The van der Waals surface area contributed by atoms with Crippen LogP contribution in [0.25, 0.3) is 0 Å². The molecule has 1 amide bonds. The largest absolute Gasteiger partial charge is 0.416 e. The molecule has 2 heterocycles. The summed E-state index contributed by atoms with van der Waals surface area (Å²) >= 11 is 0. The van der Waals surface area contributed by atoms with Gasteiger partial charge in [0.1, 0.15) is 0 Å². The van der Waals surface area contributed by atoms with Gasteiger partial charge in [0, 0.05) is 56.0 Å². The molecule has 0 aromatic heterocycles. The SMILES string of the molecule is CC1C=Nc2ccc(S(=O)CCN3CCN(C(=O)CCc4ccc(C(F)(F)F)cc4)CC3)cc2N1. The van der Waals surface area contributed by atoms with Gasteiger partial charge in [0.25, 0.3) is 0 Å². The van der Waals surface area contributed by atoms with E-state index in [1.807, 2.05) is 31.3 Å². The van der Waals surface area contributed by atoms with Crippen LogP contribution in [0.5, 0.6) is 0 Å². The Labute approximate surface area is 205 Å². The van der Waals surface area contributed by atoms with Crippen LogP contribution in [0.15, 0.2) is 52.4 Å². The third-order valence-corrected chi connectivity index (χ3v) is 7.61. The Morgan fingerprint density at radius 3 is 2.51 bits per heavy atom. The predicted octanol–water partition coefficient (Wildman–Crippen LogP) is 4.11. The molecule has 4 rings (SSSR count). The summed E-state index contributed by atoms with van der Waals surface area (Å²) < 4.78 is 50.9. The third-order valence-electron chi connectivity index (χ3n) is 6.28. The molecule has 2 atom stereocenters. The second-order valence-corrected chi connectivity index (χ2v) is 10.4. The van der Waals surface area contributed by atoms with E-state index >= 15 is 0 Å². The maximum absolute atomic E-state index is 12.8. The van der Waals surface area contributed by atoms with E-state index in [1.54, 1.807) is 4.90 Å². The standard InChI is InChI=1S/C25H29F3N4O2S/c1-18-17-29-22-8-7-21(16-23(22)30-18)35(34)15-14-31-10-12-32(13-11-31)24(33)9-4-19-2-5-20(6-3-19)25(26,27)28/h2-3,5-8,16-18,30H,4,9-15H2,1H3. The summed E-state index contributed by atoms with van der Waals surface area (Å²) in [7, 11) is -1.13. The maximum Gasteiger partial charge on any atom is 0.416 e. The first-order valence-electron chi connectivity index (χ1n) is 11.7. The molecule has 6 nitrogen and oxygen atoms in total. The van der Waals surface area contributed by atoms with Crippen LogP contribution >= 0.6 is 0 Å². The second-order valence-electron chi connectivity index (χ2n) is 8.86. The number of alkyl halides is 3. The molecule has 2 aliphatic rings. The minimum Gasteiger partial charge on any atom is -0.376 e. The van der Waals surface area contributed by atoms with Crippen LogP contribution in [0.1, 0.15) is 24.5 Å². The Morgan fingerprint density at radius 1 is 1.11 bits per heavy atom. The molecule has 188 valence electrons. The van der Waals surface area contributed by atoms with Gasteiger partial charge >= 0.3 is 6.18 Å². The quantitative estimate of drug-likeness (QED) is 0.614. The Hall–Kier alpha value is -2.72. The topological polar surface area (TPSA) is 65.0 Å². The fourth-order valence-corrected chi connectivity index (χ4v) is 5.31. The lowest BCUT2D eigenvalue weighted by atomic mass is 10.1.